The van der Waals surface area contributed by atoms with E-state index < -0.39 is 6.04 Å². The van der Waals surface area contributed by atoms with Crippen molar-refractivity contribution in [1.82, 2.24) is 4.90 Å². The van der Waals surface area contributed by atoms with Crippen molar-refractivity contribution in [2.75, 3.05) is 26.9 Å². The Balaban J connectivity index is 1.83. The highest BCUT2D eigenvalue weighted by Gasteiger charge is 2.42. The van der Waals surface area contributed by atoms with E-state index in [1.165, 1.54) is 0 Å². The summed E-state index contributed by atoms with van der Waals surface area (Å²) in [6, 6.07) is 10.9. The van der Waals surface area contributed by atoms with Crippen LogP contribution >= 0.6 is 0 Å². The van der Waals surface area contributed by atoms with Gasteiger partial charge in [-0.25, -0.2) is 0 Å². The van der Waals surface area contributed by atoms with Crippen LogP contribution in [0.15, 0.2) is 45.6 Å². The van der Waals surface area contributed by atoms with E-state index in [9.17, 15) is 9.59 Å². The van der Waals surface area contributed by atoms with Gasteiger partial charge in [-0.2, -0.15) is 0 Å². The lowest BCUT2D eigenvalue weighted by Gasteiger charge is -2.25. The lowest BCUT2D eigenvalue weighted by molar-refractivity contribution is 0.0663. The van der Waals surface area contributed by atoms with Gasteiger partial charge >= 0.3 is 0 Å². The van der Waals surface area contributed by atoms with Crippen LogP contribution in [0.3, 0.4) is 0 Å². The monoisotopic (exact) mass is 435 g/mol. The van der Waals surface area contributed by atoms with Crippen LogP contribution in [-0.4, -0.2) is 37.7 Å². The maximum atomic E-state index is 13.6. The van der Waals surface area contributed by atoms with Gasteiger partial charge in [-0.1, -0.05) is 31.5 Å². The molecule has 0 radical (unpaired) electrons. The quantitative estimate of drug-likeness (QED) is 0.476. The first kappa shape index (κ1) is 22.1. The number of fused-ring (bicyclic) bond motifs is 2. The first-order valence-corrected chi connectivity index (χ1v) is 11.1. The van der Waals surface area contributed by atoms with E-state index in [-0.39, 0.29) is 17.1 Å². The standard InChI is InChI=1S/C26H29NO5/c1-5-6-12-31-19-9-7-18(8-10-19)23-22-24(28)21-17(3)14-16(2)15-20(21)32-25(22)26(29)27(23)11-13-30-4/h7-10,14-15,23H,5-6,11-13H2,1-4H3. The minimum atomic E-state index is -0.529. The summed E-state index contributed by atoms with van der Waals surface area (Å²) in [5.74, 6) is 0.604. The lowest BCUT2D eigenvalue weighted by Crippen LogP contribution is -2.32. The molecule has 0 N–H and O–H groups in total. The summed E-state index contributed by atoms with van der Waals surface area (Å²) in [4.78, 5) is 28.6. The summed E-state index contributed by atoms with van der Waals surface area (Å²) in [6.07, 6.45) is 2.06. The molecule has 1 aliphatic rings. The molecular weight excluding hydrogens is 406 g/mol. The van der Waals surface area contributed by atoms with Crippen LogP contribution in [0.25, 0.3) is 11.0 Å². The Morgan fingerprint density at radius 1 is 1.06 bits per heavy atom. The number of rotatable bonds is 8. The van der Waals surface area contributed by atoms with Crippen LogP contribution in [0.5, 0.6) is 5.75 Å². The fourth-order valence-corrected chi connectivity index (χ4v) is 4.36. The molecule has 3 aromatic rings. The number of hydrogen-bond donors (Lipinski definition) is 0. The molecule has 1 aromatic heterocycles. The summed E-state index contributed by atoms with van der Waals surface area (Å²) in [5.41, 5.74) is 3.36. The Hall–Kier alpha value is -3.12. The highest BCUT2D eigenvalue weighted by molar-refractivity contribution is 5.99. The zero-order valence-corrected chi connectivity index (χ0v) is 19.1. The molecule has 0 aliphatic carbocycles. The van der Waals surface area contributed by atoms with Crippen LogP contribution in [-0.2, 0) is 4.74 Å². The maximum Gasteiger partial charge on any atom is 0.290 e. The number of nitrogens with zero attached hydrogens (tertiary/aromatic N) is 1. The highest BCUT2D eigenvalue weighted by atomic mass is 16.5. The smallest absolute Gasteiger partial charge is 0.290 e. The van der Waals surface area contributed by atoms with Gasteiger partial charge in [0.05, 0.1) is 30.2 Å². The van der Waals surface area contributed by atoms with Gasteiger partial charge in [-0.15, -0.1) is 0 Å². The van der Waals surface area contributed by atoms with E-state index in [0.29, 0.717) is 36.3 Å². The number of methoxy groups -OCH3 is 1. The maximum absolute atomic E-state index is 13.6. The molecule has 6 heteroatoms. The van der Waals surface area contributed by atoms with Gasteiger partial charge in [0.1, 0.15) is 11.3 Å². The van der Waals surface area contributed by atoms with Crippen LogP contribution in [0.1, 0.15) is 58.6 Å². The fraction of sp³-hybridized carbons (Fsp3) is 0.385. The summed E-state index contributed by atoms with van der Waals surface area (Å²) < 4.78 is 17.1. The summed E-state index contributed by atoms with van der Waals surface area (Å²) in [7, 11) is 1.59. The normalized spacial score (nSPS) is 15.4. The van der Waals surface area contributed by atoms with Crippen molar-refractivity contribution in [2.24, 2.45) is 0 Å². The zero-order chi connectivity index (χ0) is 22.8. The number of benzene rings is 2. The van der Waals surface area contributed by atoms with E-state index in [1.54, 1.807) is 12.0 Å². The molecule has 2 aromatic carbocycles. The molecule has 2 heterocycles. The van der Waals surface area contributed by atoms with Crippen LogP contribution in [0.2, 0.25) is 0 Å². The van der Waals surface area contributed by atoms with E-state index in [1.807, 2.05) is 50.2 Å². The topological polar surface area (TPSA) is 69.0 Å². The third-order valence-corrected chi connectivity index (χ3v) is 5.91. The zero-order valence-electron chi connectivity index (χ0n) is 19.1. The second-order valence-electron chi connectivity index (χ2n) is 8.29. The summed E-state index contributed by atoms with van der Waals surface area (Å²) in [5, 5.41) is 0.528. The molecule has 1 amide bonds. The Bertz CT molecular complexity index is 1200. The minimum Gasteiger partial charge on any atom is -0.494 e. The molecule has 168 valence electrons. The Kier molecular flexibility index (Phi) is 6.33. The number of aryl methyl sites for hydroxylation is 2. The third kappa shape index (κ3) is 3.91. The SMILES string of the molecule is CCCCOc1ccc(C2c3c(oc4cc(C)cc(C)c4c3=O)C(=O)N2CCOC)cc1. The average Bonchev–Trinajstić information content (AvgIpc) is 3.04. The van der Waals surface area contributed by atoms with Crippen LogP contribution in [0.4, 0.5) is 0 Å². The third-order valence-electron chi connectivity index (χ3n) is 5.91. The number of carbonyl (C=O) groups is 1. The van der Waals surface area contributed by atoms with Crippen molar-refractivity contribution in [2.45, 2.75) is 39.7 Å². The van der Waals surface area contributed by atoms with Crippen molar-refractivity contribution < 1.29 is 18.7 Å². The van der Waals surface area contributed by atoms with Gasteiger partial charge in [0.25, 0.3) is 5.91 Å². The fourth-order valence-electron chi connectivity index (χ4n) is 4.36. The van der Waals surface area contributed by atoms with E-state index in [2.05, 4.69) is 6.92 Å². The largest absolute Gasteiger partial charge is 0.494 e. The Labute approximate surface area is 187 Å². The number of hydrogen-bond acceptors (Lipinski definition) is 5. The van der Waals surface area contributed by atoms with Crippen LogP contribution < -0.4 is 10.2 Å². The molecule has 1 unspecified atom stereocenters. The first-order chi connectivity index (χ1) is 15.5. The van der Waals surface area contributed by atoms with Crippen LogP contribution in [0, 0.1) is 13.8 Å². The Morgan fingerprint density at radius 3 is 2.50 bits per heavy atom. The minimum absolute atomic E-state index is 0.122. The van der Waals surface area contributed by atoms with Gasteiger partial charge in [-0.3, -0.25) is 9.59 Å². The van der Waals surface area contributed by atoms with Crippen molar-refractivity contribution in [3.63, 3.8) is 0 Å². The Morgan fingerprint density at radius 2 is 1.81 bits per heavy atom. The molecule has 32 heavy (non-hydrogen) atoms. The number of amides is 1. The lowest BCUT2D eigenvalue weighted by atomic mass is 9.97. The van der Waals surface area contributed by atoms with Gasteiger partial charge in [0.2, 0.25) is 5.76 Å². The molecule has 0 fully saturated rings. The first-order valence-electron chi connectivity index (χ1n) is 11.1. The molecule has 4 rings (SSSR count). The van der Waals surface area contributed by atoms with Crippen molar-refractivity contribution >= 4 is 16.9 Å². The number of carbonyl (C=O) groups excluding carboxylic acids is 1. The predicted molar refractivity (Wildman–Crippen MR) is 124 cm³/mol. The molecule has 0 saturated heterocycles. The van der Waals surface area contributed by atoms with E-state index in [4.69, 9.17) is 13.9 Å². The highest BCUT2D eigenvalue weighted by Crippen LogP contribution is 2.38. The molecule has 0 spiro atoms. The second kappa shape index (κ2) is 9.17. The van der Waals surface area contributed by atoms with E-state index >= 15 is 0 Å². The van der Waals surface area contributed by atoms with Crippen molar-refractivity contribution in [3.8, 4) is 5.75 Å². The van der Waals surface area contributed by atoms with Gasteiger partial charge in [0, 0.05) is 13.7 Å². The molecule has 1 atom stereocenters. The number of ether oxygens (including phenoxy) is 2. The molecular formula is C26H29NO5. The van der Waals surface area contributed by atoms with Gasteiger partial charge in [-0.05, 0) is 55.2 Å². The van der Waals surface area contributed by atoms with E-state index in [0.717, 1.165) is 35.3 Å². The molecule has 0 saturated carbocycles. The van der Waals surface area contributed by atoms with Crippen molar-refractivity contribution in [3.05, 3.63) is 74.6 Å². The molecule has 6 nitrogen and oxygen atoms in total. The summed E-state index contributed by atoms with van der Waals surface area (Å²) >= 11 is 0. The van der Waals surface area contributed by atoms with Gasteiger partial charge in [0.15, 0.2) is 5.43 Å². The average molecular weight is 436 g/mol. The second-order valence-corrected chi connectivity index (χ2v) is 8.29. The number of unbranched alkanes of at least 4 members (excludes halogenated alkanes) is 1. The molecule has 1 aliphatic heterocycles. The van der Waals surface area contributed by atoms with Crippen molar-refractivity contribution in [1.29, 1.82) is 0 Å². The molecule has 0 bridgehead atoms. The van der Waals surface area contributed by atoms with Gasteiger partial charge < -0.3 is 18.8 Å². The summed E-state index contributed by atoms with van der Waals surface area (Å²) in [6.45, 7) is 7.34. The predicted octanol–water partition coefficient (Wildman–Crippen LogP) is 4.78.